The van der Waals surface area contributed by atoms with Gasteiger partial charge in [-0.1, -0.05) is 0 Å². The molecule has 0 aromatic carbocycles. The van der Waals surface area contributed by atoms with Crippen molar-refractivity contribution >= 4 is 40.4 Å². The van der Waals surface area contributed by atoms with Gasteiger partial charge in [-0.2, -0.15) is 0 Å². The maximum absolute atomic E-state index is 9.09. The standard InChI is InChI=1S/2H2O4S2.Ti/c2*1-5(2)6(3)4;/h2*(H,1,2)(H,3,4);/q;;+4/p-4. The largest absolute Gasteiger partial charge is 4.00 e. The van der Waals surface area contributed by atoms with Crippen molar-refractivity contribution in [1.29, 1.82) is 0 Å². The van der Waals surface area contributed by atoms with Gasteiger partial charge in [0.15, 0.2) is 0 Å². The first-order chi connectivity index (χ1) is 5.29. The van der Waals surface area contributed by atoms with Gasteiger partial charge in [0.1, 0.15) is 0 Å². The molecule has 0 saturated carbocycles. The molecule has 76 valence electrons. The zero-order valence-corrected chi connectivity index (χ0v) is 10.2. The third-order valence-corrected chi connectivity index (χ3v) is 2.00. The molecule has 0 amide bonds. The van der Waals surface area contributed by atoms with Crippen LogP contribution in [0, 0.1) is 0 Å². The molecule has 13 heavy (non-hydrogen) atoms. The molecule has 0 aliphatic heterocycles. The molecule has 0 aliphatic carbocycles. The number of rotatable bonds is 2. The molecule has 0 spiro atoms. The summed E-state index contributed by atoms with van der Waals surface area (Å²) >= 11 is 0. The van der Waals surface area contributed by atoms with Gasteiger partial charge in [0.05, 0.1) is 0 Å². The van der Waals surface area contributed by atoms with Crippen LogP contribution in [0.2, 0.25) is 0 Å². The monoisotopic (exact) mass is 304 g/mol. The van der Waals surface area contributed by atoms with Gasteiger partial charge < -0.3 is 18.2 Å². The average molecular weight is 304 g/mol. The third-order valence-electron chi connectivity index (χ3n) is 0.222. The molecule has 0 radical (unpaired) electrons. The Bertz CT molecular complexity index is 172. The van der Waals surface area contributed by atoms with Crippen LogP contribution in [-0.2, 0) is 62.2 Å². The molecule has 0 bridgehead atoms. The van der Waals surface area contributed by atoms with E-state index in [2.05, 4.69) is 0 Å². The summed E-state index contributed by atoms with van der Waals surface area (Å²) in [6.07, 6.45) is 0. The van der Waals surface area contributed by atoms with Crippen LogP contribution in [0.4, 0.5) is 0 Å². The molecule has 4 atom stereocenters. The van der Waals surface area contributed by atoms with Gasteiger partial charge in [0, 0.05) is 40.4 Å². The van der Waals surface area contributed by atoms with Crippen molar-refractivity contribution in [2.24, 2.45) is 0 Å². The van der Waals surface area contributed by atoms with Gasteiger partial charge in [-0.05, 0) is 0 Å². The normalized spacial score (nSPS) is 18.2. The second kappa shape index (κ2) is 11.2. The summed E-state index contributed by atoms with van der Waals surface area (Å²) in [7, 11) is -11.8. The predicted octanol–water partition coefficient (Wildman–Crippen LogP) is -2.68. The summed E-state index contributed by atoms with van der Waals surface area (Å²) in [5, 5.41) is 0. The Morgan fingerprint density at radius 1 is 0.538 bits per heavy atom. The van der Waals surface area contributed by atoms with E-state index < -0.39 is 40.4 Å². The van der Waals surface area contributed by atoms with Gasteiger partial charge in [0.25, 0.3) is 0 Å². The fourth-order valence-electron chi connectivity index (χ4n) is 0. The molecule has 0 rings (SSSR count). The molecule has 0 N–H and O–H groups in total. The van der Waals surface area contributed by atoms with E-state index in [9.17, 15) is 0 Å². The molecule has 8 nitrogen and oxygen atoms in total. The van der Waals surface area contributed by atoms with Crippen molar-refractivity contribution in [2.75, 3.05) is 0 Å². The second-order valence-electron chi connectivity index (χ2n) is 0.816. The molecule has 4 unspecified atom stereocenters. The van der Waals surface area contributed by atoms with Crippen molar-refractivity contribution in [1.82, 2.24) is 0 Å². The maximum atomic E-state index is 9.09. The minimum Gasteiger partial charge on any atom is -0.763 e. The van der Waals surface area contributed by atoms with E-state index in [1.165, 1.54) is 0 Å². The Morgan fingerprint density at radius 2 is 0.615 bits per heavy atom. The van der Waals surface area contributed by atoms with Gasteiger partial charge in [-0.3, -0.25) is 16.8 Å². The molecule has 0 saturated heterocycles. The average Bonchev–Trinajstić information content (AvgIpc) is 1.88. The SMILES string of the molecule is O=S([O-])S(=O)[O-].O=S([O-])S(=O)[O-].[Ti+4]. The molecule has 13 heteroatoms. The van der Waals surface area contributed by atoms with Crippen LogP contribution in [0.3, 0.4) is 0 Å². The van der Waals surface area contributed by atoms with Crippen molar-refractivity contribution in [3.05, 3.63) is 0 Å². The first kappa shape index (κ1) is 19.7. The first-order valence-corrected chi connectivity index (χ1v) is 7.00. The van der Waals surface area contributed by atoms with Crippen LogP contribution < -0.4 is 0 Å². The van der Waals surface area contributed by atoms with Gasteiger partial charge in [0.2, 0.25) is 0 Å². The van der Waals surface area contributed by atoms with Crippen LogP contribution in [0.25, 0.3) is 0 Å². The minimum atomic E-state index is -2.95. The second-order valence-corrected chi connectivity index (χ2v) is 5.72. The van der Waals surface area contributed by atoms with Crippen LogP contribution >= 0.6 is 0 Å². The summed E-state index contributed by atoms with van der Waals surface area (Å²) < 4.78 is 72.7. The fraction of sp³-hybridized carbons (Fsp3) is 0. The molecular weight excluding hydrogens is 304 g/mol. The van der Waals surface area contributed by atoms with Crippen LogP contribution in [0.5, 0.6) is 0 Å². The van der Waals surface area contributed by atoms with E-state index in [0.717, 1.165) is 0 Å². The summed E-state index contributed by atoms with van der Waals surface area (Å²) in [6.45, 7) is 0. The summed E-state index contributed by atoms with van der Waals surface area (Å²) in [6, 6.07) is 0. The van der Waals surface area contributed by atoms with E-state index in [4.69, 9.17) is 35.0 Å². The zero-order valence-electron chi connectivity index (χ0n) is 5.40. The minimum absolute atomic E-state index is 0. The Hall–Kier alpha value is 1.15. The summed E-state index contributed by atoms with van der Waals surface area (Å²) in [5.74, 6) is 0. The molecule has 0 fully saturated rings. The van der Waals surface area contributed by atoms with Crippen LogP contribution in [0.1, 0.15) is 0 Å². The molecule has 0 aromatic heterocycles. The van der Waals surface area contributed by atoms with Crippen LogP contribution in [-0.4, -0.2) is 35.0 Å². The van der Waals surface area contributed by atoms with Crippen LogP contribution in [0.15, 0.2) is 0 Å². The topological polar surface area (TPSA) is 161 Å². The molecule has 0 heterocycles. The Kier molecular flexibility index (Phi) is 17.0. The number of hydrogen-bond donors (Lipinski definition) is 0. The van der Waals surface area contributed by atoms with Crippen molar-refractivity contribution in [2.45, 2.75) is 0 Å². The summed E-state index contributed by atoms with van der Waals surface area (Å²) in [5.41, 5.74) is 0. The molecule has 0 aromatic rings. The van der Waals surface area contributed by atoms with Gasteiger partial charge >= 0.3 is 21.7 Å². The van der Waals surface area contributed by atoms with E-state index >= 15 is 0 Å². The van der Waals surface area contributed by atoms with Gasteiger partial charge in [-0.15, -0.1) is 0 Å². The van der Waals surface area contributed by atoms with E-state index in [-0.39, 0.29) is 21.7 Å². The zero-order chi connectivity index (χ0) is 10.3. The van der Waals surface area contributed by atoms with Crippen molar-refractivity contribution in [3.8, 4) is 0 Å². The predicted molar refractivity (Wildman–Crippen MR) is 35.7 cm³/mol. The number of hydrogen-bond acceptors (Lipinski definition) is 8. The quantitative estimate of drug-likeness (QED) is 0.303. The van der Waals surface area contributed by atoms with E-state index in [1.807, 2.05) is 0 Å². The van der Waals surface area contributed by atoms with E-state index in [0.29, 0.717) is 0 Å². The third kappa shape index (κ3) is 19.5. The summed E-state index contributed by atoms with van der Waals surface area (Å²) in [4.78, 5) is 0. The smallest absolute Gasteiger partial charge is 0.763 e. The Labute approximate surface area is 96.7 Å². The van der Waals surface area contributed by atoms with Crippen molar-refractivity contribution < 1.29 is 56.8 Å². The molecular formula is O8S4Ti. The van der Waals surface area contributed by atoms with Gasteiger partial charge in [-0.25, -0.2) is 0 Å². The fourth-order valence-corrected chi connectivity index (χ4v) is 0. The molecule has 0 aliphatic rings. The first-order valence-electron chi connectivity index (χ1n) is 1.67. The Balaban J connectivity index is -0.000000143. The van der Waals surface area contributed by atoms with Crippen molar-refractivity contribution in [3.63, 3.8) is 0 Å². The Morgan fingerprint density at radius 3 is 0.615 bits per heavy atom. The maximum Gasteiger partial charge on any atom is 4.00 e. The van der Waals surface area contributed by atoms with E-state index in [1.54, 1.807) is 0 Å².